The number of ether oxygens (including phenoxy) is 1. The van der Waals surface area contributed by atoms with E-state index in [4.69, 9.17) is 4.74 Å². The van der Waals surface area contributed by atoms with Gasteiger partial charge in [0.15, 0.2) is 0 Å². The fraction of sp³-hybridized carbons (Fsp3) is 0.333. The van der Waals surface area contributed by atoms with Crippen LogP contribution in [0.5, 0.6) is 11.5 Å². The van der Waals surface area contributed by atoms with Gasteiger partial charge in [0.1, 0.15) is 23.9 Å². The highest BCUT2D eigenvalue weighted by molar-refractivity contribution is 5.53. The van der Waals surface area contributed by atoms with Gasteiger partial charge in [0.2, 0.25) is 0 Å². The highest BCUT2D eigenvalue weighted by Crippen LogP contribution is 2.37. The first-order valence-corrected chi connectivity index (χ1v) is 11.3. The zero-order chi connectivity index (χ0) is 22.5. The first-order valence-electron chi connectivity index (χ1n) is 11.3. The molecule has 0 spiro atoms. The fourth-order valence-electron chi connectivity index (χ4n) is 4.28. The summed E-state index contributed by atoms with van der Waals surface area (Å²) in [5.41, 5.74) is 4.60. The summed E-state index contributed by atoms with van der Waals surface area (Å²) in [4.78, 5) is 4.56. The zero-order valence-electron chi connectivity index (χ0n) is 18.8. The summed E-state index contributed by atoms with van der Waals surface area (Å²) in [5, 5.41) is 9.96. The van der Waals surface area contributed by atoms with E-state index in [9.17, 15) is 9.50 Å². The summed E-state index contributed by atoms with van der Waals surface area (Å²) in [6, 6.07) is 20.8. The van der Waals surface area contributed by atoms with Gasteiger partial charge in [-0.25, -0.2) is 4.39 Å². The lowest BCUT2D eigenvalue weighted by Crippen LogP contribution is -2.36. The van der Waals surface area contributed by atoms with Crippen LogP contribution < -0.4 is 9.64 Å². The van der Waals surface area contributed by atoms with Crippen molar-refractivity contribution in [3.05, 3.63) is 89.2 Å². The average molecular weight is 435 g/mol. The van der Waals surface area contributed by atoms with Gasteiger partial charge in [0.25, 0.3) is 0 Å². The molecule has 1 N–H and O–H groups in total. The molecule has 0 amide bonds. The second kappa shape index (κ2) is 10.0. The van der Waals surface area contributed by atoms with Crippen molar-refractivity contribution in [2.24, 2.45) is 0 Å². The van der Waals surface area contributed by atoms with Crippen molar-refractivity contribution in [3.63, 3.8) is 0 Å². The first-order chi connectivity index (χ1) is 15.5. The Balaban J connectivity index is 1.54. The Kier molecular flexibility index (Phi) is 6.96. The summed E-state index contributed by atoms with van der Waals surface area (Å²) in [6.07, 6.45) is 1.66. The Morgan fingerprint density at radius 3 is 2.53 bits per heavy atom. The molecule has 1 atom stereocenters. The number of rotatable bonds is 8. The zero-order valence-corrected chi connectivity index (χ0v) is 18.8. The molecular weight excluding hydrogens is 403 g/mol. The molecule has 168 valence electrons. The van der Waals surface area contributed by atoms with Gasteiger partial charge < -0.3 is 19.6 Å². The van der Waals surface area contributed by atoms with Crippen molar-refractivity contribution in [1.29, 1.82) is 0 Å². The molecule has 0 radical (unpaired) electrons. The van der Waals surface area contributed by atoms with Gasteiger partial charge in [0, 0.05) is 18.8 Å². The minimum atomic E-state index is -0.228. The van der Waals surface area contributed by atoms with Gasteiger partial charge in [-0.15, -0.1) is 0 Å². The lowest BCUT2D eigenvalue weighted by Gasteiger charge is -2.39. The highest BCUT2D eigenvalue weighted by atomic mass is 19.1. The molecule has 0 saturated carbocycles. The molecule has 0 aliphatic carbocycles. The van der Waals surface area contributed by atoms with Crippen LogP contribution in [0.25, 0.3) is 0 Å². The van der Waals surface area contributed by atoms with E-state index in [1.165, 1.54) is 28.8 Å². The molecule has 0 aromatic heterocycles. The number of benzene rings is 3. The van der Waals surface area contributed by atoms with Crippen LogP contribution in [0.3, 0.4) is 0 Å². The van der Waals surface area contributed by atoms with Crippen molar-refractivity contribution >= 4 is 5.69 Å². The van der Waals surface area contributed by atoms with Gasteiger partial charge in [-0.05, 0) is 91.7 Å². The van der Waals surface area contributed by atoms with Crippen molar-refractivity contribution in [3.8, 4) is 11.5 Å². The Bertz CT molecular complexity index is 1020. The first kappa shape index (κ1) is 22.2. The summed E-state index contributed by atoms with van der Waals surface area (Å²) in [5.74, 6) is 0.948. The van der Waals surface area contributed by atoms with Crippen LogP contribution in [-0.4, -0.2) is 43.3 Å². The predicted octanol–water partition coefficient (Wildman–Crippen LogP) is 5.21. The van der Waals surface area contributed by atoms with Crippen molar-refractivity contribution in [2.45, 2.75) is 25.8 Å². The van der Waals surface area contributed by atoms with Gasteiger partial charge in [-0.3, -0.25) is 0 Å². The van der Waals surface area contributed by atoms with Crippen molar-refractivity contribution < 1.29 is 14.2 Å². The SMILES string of the molecule is CCN(C)CCOc1ccc(CC2c3ccc(O)cc3CCN2c2ccc(F)cc2)cc1. The van der Waals surface area contributed by atoms with Gasteiger partial charge >= 0.3 is 0 Å². The molecule has 1 aliphatic rings. The minimum Gasteiger partial charge on any atom is -0.508 e. The maximum absolute atomic E-state index is 13.5. The van der Waals surface area contributed by atoms with Crippen LogP contribution in [0.2, 0.25) is 0 Å². The minimum absolute atomic E-state index is 0.106. The number of fused-ring (bicyclic) bond motifs is 1. The van der Waals surface area contributed by atoms with Crippen LogP contribution in [-0.2, 0) is 12.8 Å². The normalized spacial score (nSPS) is 15.6. The second-order valence-electron chi connectivity index (χ2n) is 8.41. The molecule has 1 heterocycles. The molecule has 3 aromatic rings. The van der Waals surface area contributed by atoms with E-state index in [1.54, 1.807) is 6.07 Å². The Morgan fingerprint density at radius 2 is 1.81 bits per heavy atom. The molecule has 5 heteroatoms. The van der Waals surface area contributed by atoms with Gasteiger partial charge in [-0.1, -0.05) is 25.1 Å². The van der Waals surface area contributed by atoms with E-state index < -0.39 is 0 Å². The number of aromatic hydroxyl groups is 1. The van der Waals surface area contributed by atoms with Gasteiger partial charge in [-0.2, -0.15) is 0 Å². The third-order valence-corrected chi connectivity index (χ3v) is 6.28. The topological polar surface area (TPSA) is 35.9 Å². The molecular formula is C27H31FN2O2. The second-order valence-corrected chi connectivity index (χ2v) is 8.41. The highest BCUT2D eigenvalue weighted by Gasteiger charge is 2.28. The molecule has 4 rings (SSSR count). The largest absolute Gasteiger partial charge is 0.508 e. The number of likely N-dealkylation sites (N-methyl/N-ethyl adjacent to an activating group) is 1. The number of nitrogens with zero attached hydrogens (tertiary/aromatic N) is 2. The van der Waals surface area contributed by atoms with E-state index in [2.05, 4.69) is 35.9 Å². The third kappa shape index (κ3) is 5.22. The number of hydrogen-bond donors (Lipinski definition) is 1. The lowest BCUT2D eigenvalue weighted by molar-refractivity contribution is 0.244. The lowest BCUT2D eigenvalue weighted by atomic mass is 9.88. The Labute approximate surface area is 189 Å². The predicted molar refractivity (Wildman–Crippen MR) is 127 cm³/mol. The Hall–Kier alpha value is -3.05. The van der Waals surface area contributed by atoms with Crippen LogP contribution in [0.15, 0.2) is 66.7 Å². The number of phenols is 1. The monoisotopic (exact) mass is 434 g/mol. The number of hydrogen-bond acceptors (Lipinski definition) is 4. The maximum Gasteiger partial charge on any atom is 0.123 e. The standard InChI is InChI=1S/C27H31FN2O2/c1-3-29(2)16-17-32-25-11-4-20(5-12-25)18-27-26-13-10-24(31)19-21(26)14-15-30(27)23-8-6-22(28)7-9-23/h4-13,19,27,31H,3,14-18H2,1-2H3. The Morgan fingerprint density at radius 1 is 1.06 bits per heavy atom. The maximum atomic E-state index is 13.5. The molecule has 0 saturated heterocycles. The molecule has 1 unspecified atom stereocenters. The van der Waals surface area contributed by atoms with Crippen LogP contribution in [0.1, 0.15) is 29.7 Å². The summed E-state index contributed by atoms with van der Waals surface area (Å²) in [6.45, 7) is 5.53. The van der Waals surface area contributed by atoms with E-state index >= 15 is 0 Å². The summed E-state index contributed by atoms with van der Waals surface area (Å²) in [7, 11) is 2.08. The van der Waals surface area contributed by atoms with Crippen LogP contribution in [0.4, 0.5) is 10.1 Å². The molecule has 1 aliphatic heterocycles. The van der Waals surface area contributed by atoms with Crippen LogP contribution >= 0.6 is 0 Å². The van der Waals surface area contributed by atoms with Gasteiger partial charge in [0.05, 0.1) is 6.04 Å². The fourth-order valence-corrected chi connectivity index (χ4v) is 4.28. The van der Waals surface area contributed by atoms with E-state index in [0.717, 1.165) is 43.9 Å². The van der Waals surface area contributed by atoms with E-state index in [0.29, 0.717) is 12.4 Å². The smallest absolute Gasteiger partial charge is 0.123 e. The molecule has 3 aromatic carbocycles. The number of halogens is 1. The van der Waals surface area contributed by atoms with E-state index in [-0.39, 0.29) is 11.9 Å². The van der Waals surface area contributed by atoms with E-state index in [1.807, 2.05) is 36.4 Å². The molecule has 4 nitrogen and oxygen atoms in total. The van der Waals surface area contributed by atoms with Crippen molar-refractivity contribution in [1.82, 2.24) is 4.90 Å². The molecule has 0 bridgehead atoms. The summed E-state index contributed by atoms with van der Waals surface area (Å²) >= 11 is 0. The third-order valence-electron chi connectivity index (χ3n) is 6.28. The number of phenolic OH excluding ortho intramolecular Hbond substituents is 1. The van der Waals surface area contributed by atoms with Crippen molar-refractivity contribution in [2.75, 3.05) is 38.2 Å². The average Bonchev–Trinajstić information content (AvgIpc) is 2.80. The number of anilines is 1. The summed E-state index contributed by atoms with van der Waals surface area (Å²) < 4.78 is 19.4. The van der Waals surface area contributed by atoms with Crippen LogP contribution in [0, 0.1) is 5.82 Å². The molecule has 32 heavy (non-hydrogen) atoms. The molecule has 0 fully saturated rings. The quantitative estimate of drug-likeness (QED) is 0.528.